The lowest BCUT2D eigenvalue weighted by molar-refractivity contribution is -0.265. The van der Waals surface area contributed by atoms with Crippen LogP contribution >= 0.6 is 0 Å². The van der Waals surface area contributed by atoms with E-state index >= 15 is 0 Å². The van der Waals surface area contributed by atoms with Gasteiger partial charge < -0.3 is 108 Å². The summed E-state index contributed by atoms with van der Waals surface area (Å²) in [7, 11) is 3.06. The molecule has 15 atom stereocenters. The first-order valence-electron chi connectivity index (χ1n) is 44.0. The number of aliphatic hydroxyl groups is 3. The number of nitrogen functional groups attached to an aromatic ring is 1. The lowest BCUT2D eigenvalue weighted by atomic mass is 9.80. The number of aliphatic hydroxyl groups excluding tert-OH is 2. The summed E-state index contributed by atoms with van der Waals surface area (Å²) in [4.78, 5) is 114. The number of ether oxygens (including phenoxy) is 13. The molecule has 0 radical (unpaired) electrons. The van der Waals surface area contributed by atoms with Crippen molar-refractivity contribution >= 4 is 69.4 Å². The normalized spacial score (nSPS) is 27.2. The third kappa shape index (κ3) is 29.2. The summed E-state index contributed by atoms with van der Waals surface area (Å²) in [6.45, 7) is 17.8. The Morgan fingerprint density at radius 1 is 0.720 bits per heavy atom. The number of nitrogens with zero attached hydrogens (tertiary/aromatic N) is 7. The maximum atomic E-state index is 14.7. The van der Waals surface area contributed by atoms with Gasteiger partial charge in [-0.2, -0.15) is 10.1 Å². The number of amides is 3. The number of methoxy groups -OCH3 is 2. The van der Waals surface area contributed by atoms with Crippen LogP contribution in [0.15, 0.2) is 101 Å². The van der Waals surface area contributed by atoms with Crippen LogP contribution in [0.4, 0.5) is 10.8 Å². The van der Waals surface area contributed by atoms with Gasteiger partial charge in [-0.1, -0.05) is 82.4 Å². The van der Waals surface area contributed by atoms with E-state index in [0.717, 1.165) is 44.7 Å². The number of aromatic nitrogens is 5. The molecule has 34 heteroatoms. The number of fused-ring (bicyclic) bond motifs is 6. The van der Waals surface area contributed by atoms with E-state index in [1.54, 1.807) is 34.1 Å². The third-order valence-electron chi connectivity index (χ3n) is 23.9. The number of hydrogen-bond acceptors (Lipinski definition) is 30. The number of esters is 1. The molecular formula is C91H130N10O24. The monoisotopic (exact) mass is 1750 g/mol. The average molecular weight is 1750 g/mol. The summed E-state index contributed by atoms with van der Waals surface area (Å²) >= 11 is 0. The minimum Gasteiger partial charge on any atom is -0.459 e. The average Bonchev–Trinajstić information content (AvgIpc) is 1.62. The van der Waals surface area contributed by atoms with Crippen molar-refractivity contribution < 1.29 is 115 Å². The summed E-state index contributed by atoms with van der Waals surface area (Å²) in [5.74, 6) is -9.25. The Hall–Kier alpha value is -8.69. The Balaban J connectivity index is 0.548. The van der Waals surface area contributed by atoms with E-state index in [1.165, 1.54) is 32.0 Å². The van der Waals surface area contributed by atoms with Gasteiger partial charge in [-0.3, -0.25) is 24.0 Å². The van der Waals surface area contributed by atoms with Crippen LogP contribution in [0.1, 0.15) is 142 Å². The summed E-state index contributed by atoms with van der Waals surface area (Å²) in [6, 6.07) is 9.87. The number of nitrogens with two attached hydrogens (primary N) is 2. The van der Waals surface area contributed by atoms with Gasteiger partial charge in [0.15, 0.2) is 17.0 Å². The number of rotatable bonds is 36. The number of benzene rings is 2. The summed E-state index contributed by atoms with van der Waals surface area (Å²) in [6.07, 6.45) is 11.1. The first kappa shape index (κ1) is 98.5. The molecule has 2 aromatic carbocycles. The van der Waals surface area contributed by atoms with Gasteiger partial charge in [0.05, 0.1) is 142 Å². The molecule has 688 valence electrons. The van der Waals surface area contributed by atoms with Gasteiger partial charge in [0.25, 0.3) is 17.7 Å². The van der Waals surface area contributed by atoms with Crippen LogP contribution in [0.3, 0.4) is 0 Å². The molecule has 3 fully saturated rings. The van der Waals surface area contributed by atoms with Gasteiger partial charge in [0.2, 0.25) is 11.7 Å². The second-order valence-electron chi connectivity index (χ2n) is 33.2. The molecule has 2 saturated heterocycles. The van der Waals surface area contributed by atoms with Crippen LogP contribution in [0.2, 0.25) is 0 Å². The molecule has 0 unspecified atom stereocenters. The fourth-order valence-electron chi connectivity index (χ4n) is 16.6. The van der Waals surface area contributed by atoms with Crippen molar-refractivity contribution in [3.8, 4) is 11.3 Å². The molecule has 125 heavy (non-hydrogen) atoms. The van der Waals surface area contributed by atoms with E-state index < -0.39 is 120 Å². The molecule has 8 N–H and O–H groups in total. The predicted molar refractivity (Wildman–Crippen MR) is 460 cm³/mol. The Morgan fingerprint density at radius 3 is 2.08 bits per heavy atom. The standard InChI is InChI=1S/C91H130N10O24/c1-58-14-10-9-11-15-59(2)77(112-7)52-69-22-17-63(6)91(111,125-69)85(107)87(108)100-28-13-12-16-73(100)88(109)122-78(53-74(102)60(3)47-62(5)83(105)84(106)82(104)61(4)46-58)71(92)49-64-19-23-76(79(50-64)113-8)124-90(110)95-27-31-115-33-35-117-37-39-119-41-43-121-45-44-120-42-40-118-38-36-116-34-32-114-30-26-80(103)99-29-25-66-48-65(18-20-68(66)56-99)55-101-86-70(54-94-57-96-86)81(98-101)67-21-24-75-72(51-67)97-89(93)123-75/h9-11,14-15,18,20-21,24,47-48,51,54,57-58,60-61,63-64,69,71,73,76-79,83-84,105-106,111H,12-13,16-17,19,22-23,25-46,49-50,52-53,55-56,92H2,1-8H3,(H2,93,97)(H,95,110)/b11-9+,14-10+,59-15+,62-47+/t58-,60-,61-,63-,64+,69+,71-,73+,76-,77+,78+,79-,83-,84+,91-/m1/s1. The minimum absolute atomic E-state index is 0.00176. The van der Waals surface area contributed by atoms with Crippen molar-refractivity contribution in [2.45, 2.75) is 205 Å². The number of anilines is 1. The van der Waals surface area contributed by atoms with E-state index in [4.69, 9.17) is 82.6 Å². The third-order valence-corrected chi connectivity index (χ3v) is 23.9. The van der Waals surface area contributed by atoms with Gasteiger partial charge >= 0.3 is 12.1 Å². The maximum Gasteiger partial charge on any atom is 0.407 e. The minimum atomic E-state index is -2.51. The van der Waals surface area contributed by atoms with Crippen molar-refractivity contribution in [3.05, 3.63) is 113 Å². The van der Waals surface area contributed by atoms with Gasteiger partial charge in [-0.15, -0.1) is 0 Å². The van der Waals surface area contributed by atoms with Crippen LogP contribution in [0, 0.1) is 29.6 Å². The first-order valence-corrected chi connectivity index (χ1v) is 44.0. The Kier molecular flexibility index (Phi) is 39.5. The quantitative estimate of drug-likeness (QED) is 0.00970. The number of oxazole rings is 1. The maximum absolute atomic E-state index is 14.7. The lowest BCUT2D eigenvalue weighted by Crippen LogP contribution is -2.61. The fourth-order valence-corrected chi connectivity index (χ4v) is 16.6. The van der Waals surface area contributed by atoms with Crippen molar-refractivity contribution in [1.82, 2.24) is 39.8 Å². The number of Topliss-reactive ketones (excluding diaryl/α,β-unsaturated/α-hetero) is 3. The Labute approximate surface area is 731 Å². The molecule has 1 aliphatic carbocycles. The van der Waals surface area contributed by atoms with Crippen LogP contribution in [0.5, 0.6) is 0 Å². The molecule has 3 amide bonds. The summed E-state index contributed by atoms with van der Waals surface area (Å²) in [5.41, 5.74) is 20.8. The van der Waals surface area contributed by atoms with E-state index in [2.05, 4.69) is 38.5 Å². The van der Waals surface area contributed by atoms with E-state index in [1.807, 2.05) is 72.0 Å². The molecule has 5 aliphatic rings. The van der Waals surface area contributed by atoms with Crippen LogP contribution in [-0.2, 0) is 110 Å². The SMILES string of the molecule is CO[C@H]1C[C@@H]2CC[C@@H](C)[C@@](O)(O2)C(=O)C(=O)N2CCCC[C@H]2C(=O)O[C@H]([C@H](N)C[C@@H]2CC[C@@H](OC(=O)NCCOCCOCCOCCOCCOCCOCCOCCOCCC(=O)N3CCc4cc(Cn5nc(-c6ccc7oc(N)nc7c6)c6cncnc65)ccc4C3)[C@H](OC)C2)CC(=O)[C@H](C)/C=C(\C)[C@@H](O)[C@@H](O)C(=O)[C@H](C)C[C@H](C)/C=C/C=C/C=C/1C. The van der Waals surface area contributed by atoms with Crippen molar-refractivity contribution in [3.63, 3.8) is 0 Å². The smallest absolute Gasteiger partial charge is 0.407 e. The second-order valence-corrected chi connectivity index (χ2v) is 33.2. The number of allylic oxidation sites excluding steroid dienone is 6. The van der Waals surface area contributed by atoms with Crippen LogP contribution in [0.25, 0.3) is 33.4 Å². The number of piperidine rings is 1. The molecular weight excluding hydrogens is 1620 g/mol. The van der Waals surface area contributed by atoms with Crippen molar-refractivity contribution in [2.75, 3.05) is 145 Å². The molecule has 4 aliphatic heterocycles. The first-order chi connectivity index (χ1) is 60.3. The number of hydrogen-bond donors (Lipinski definition) is 6. The van der Waals surface area contributed by atoms with E-state index in [-0.39, 0.29) is 81.3 Å². The highest BCUT2D eigenvalue weighted by molar-refractivity contribution is 6.39. The topological polar surface area (TPSA) is 440 Å². The number of alkyl carbamates (subject to hydrolysis) is 1. The van der Waals surface area contributed by atoms with E-state index in [9.17, 15) is 48.9 Å². The largest absolute Gasteiger partial charge is 0.459 e. The molecule has 1 saturated carbocycles. The van der Waals surface area contributed by atoms with Gasteiger partial charge in [-0.05, 0) is 142 Å². The Bertz CT molecular complexity index is 4440. The van der Waals surface area contributed by atoms with Gasteiger partial charge in [-0.25, -0.2) is 24.2 Å². The zero-order valence-electron chi connectivity index (χ0n) is 73.6. The highest BCUT2D eigenvalue weighted by Crippen LogP contribution is 2.39. The zero-order chi connectivity index (χ0) is 89.4. The second kappa shape index (κ2) is 50.2. The van der Waals surface area contributed by atoms with Crippen LogP contribution < -0.4 is 16.8 Å². The predicted octanol–water partition coefficient (Wildman–Crippen LogP) is 7.64. The zero-order valence-corrected chi connectivity index (χ0v) is 73.6. The van der Waals surface area contributed by atoms with Gasteiger partial charge in [0.1, 0.15) is 53.8 Å². The van der Waals surface area contributed by atoms with Gasteiger partial charge in [0, 0.05) is 88.8 Å². The fraction of sp³-hybridized carbons (Fsp3) is 0.637. The molecule has 34 nitrogen and oxygen atoms in total. The molecule has 0 spiro atoms. The molecule has 2 bridgehead atoms. The number of carbonyl (C=O) groups excluding carboxylic acids is 7. The van der Waals surface area contributed by atoms with Crippen molar-refractivity contribution in [1.29, 1.82) is 0 Å². The van der Waals surface area contributed by atoms with Crippen molar-refractivity contribution in [2.24, 2.45) is 35.3 Å². The van der Waals surface area contributed by atoms with E-state index in [0.29, 0.717) is 180 Å². The molecule has 7 heterocycles. The number of nitrogens with one attached hydrogen (secondary N) is 1. The molecule has 5 aromatic rings. The highest BCUT2D eigenvalue weighted by Gasteiger charge is 2.53. The lowest BCUT2D eigenvalue weighted by Gasteiger charge is -2.42. The highest BCUT2D eigenvalue weighted by atomic mass is 16.6. The number of carbonyl (C=O) groups is 7. The van der Waals surface area contributed by atoms with Crippen LogP contribution in [-0.4, -0.2) is 291 Å². The Morgan fingerprint density at radius 2 is 1.40 bits per heavy atom. The molecule has 10 rings (SSSR count). The number of cyclic esters (lactones) is 1. The number of ketones is 3. The summed E-state index contributed by atoms with van der Waals surface area (Å²) < 4.78 is 82.3. The molecule has 3 aromatic heterocycles. The summed E-state index contributed by atoms with van der Waals surface area (Å²) in [5, 5.41) is 43.1.